The van der Waals surface area contributed by atoms with Gasteiger partial charge in [0.25, 0.3) is 11.1 Å². The van der Waals surface area contributed by atoms with Crippen molar-refractivity contribution in [3.8, 4) is 17.2 Å². The molecule has 6 heteroatoms. The van der Waals surface area contributed by atoms with Crippen molar-refractivity contribution in [2.24, 2.45) is 0 Å². The van der Waals surface area contributed by atoms with Gasteiger partial charge in [0.05, 0.1) is 12.7 Å². The first-order valence-corrected chi connectivity index (χ1v) is 5.78. The minimum Gasteiger partial charge on any atom is -0.496 e. The number of nitrogens with zero attached hydrogens (tertiary/aromatic N) is 2. The predicted molar refractivity (Wildman–Crippen MR) is 62.5 cm³/mol. The first kappa shape index (κ1) is 10.8. The van der Waals surface area contributed by atoms with E-state index in [1.807, 2.05) is 6.26 Å². The van der Waals surface area contributed by atoms with Crippen LogP contribution in [0.15, 0.2) is 27.8 Å². The number of ether oxygens (including phenoxy) is 1. The quantitative estimate of drug-likeness (QED) is 0.650. The predicted octanol–water partition coefficient (Wildman–Crippen LogP) is 2.05. The summed E-state index contributed by atoms with van der Waals surface area (Å²) in [5.74, 6) is 1.05. The molecule has 0 unspecified atom stereocenters. The molecule has 1 heterocycles. The summed E-state index contributed by atoms with van der Waals surface area (Å²) in [4.78, 5) is 0. The Kier molecular flexibility index (Phi) is 3.00. The maximum atomic E-state index is 5.66. The van der Waals surface area contributed by atoms with Gasteiger partial charge < -0.3 is 14.9 Å². The number of hydrogen-bond donors (Lipinski definition) is 1. The number of anilines is 1. The highest BCUT2D eigenvalue weighted by molar-refractivity contribution is 7.98. The molecule has 1 aromatic carbocycles. The number of nitrogen functional groups attached to an aromatic ring is 1. The molecule has 0 radical (unpaired) electrons. The van der Waals surface area contributed by atoms with Crippen molar-refractivity contribution in [2.45, 2.75) is 5.22 Å². The van der Waals surface area contributed by atoms with E-state index in [0.717, 1.165) is 5.56 Å². The summed E-state index contributed by atoms with van der Waals surface area (Å²) in [7, 11) is 1.57. The van der Waals surface area contributed by atoms with Gasteiger partial charge in [-0.25, -0.2) is 0 Å². The molecule has 2 rings (SSSR count). The number of benzene rings is 1. The van der Waals surface area contributed by atoms with Crippen molar-refractivity contribution in [3.63, 3.8) is 0 Å². The lowest BCUT2D eigenvalue weighted by Crippen LogP contribution is -1.91. The minimum atomic E-state index is 0.432. The summed E-state index contributed by atoms with van der Waals surface area (Å²) < 4.78 is 10.6. The zero-order valence-corrected chi connectivity index (χ0v) is 9.75. The van der Waals surface area contributed by atoms with Gasteiger partial charge in [-0.05, 0) is 18.4 Å². The molecule has 1 aromatic heterocycles. The van der Waals surface area contributed by atoms with Gasteiger partial charge in [-0.15, -0.1) is 10.2 Å². The first-order valence-electron chi connectivity index (χ1n) is 4.56. The average Bonchev–Trinajstić information content (AvgIpc) is 2.77. The Bertz CT molecular complexity index is 499. The van der Waals surface area contributed by atoms with E-state index in [4.69, 9.17) is 14.9 Å². The molecule has 0 aliphatic heterocycles. The number of rotatable bonds is 3. The summed E-state index contributed by atoms with van der Waals surface area (Å²) >= 11 is 1.40. The zero-order chi connectivity index (χ0) is 11.5. The van der Waals surface area contributed by atoms with Gasteiger partial charge in [-0.2, -0.15) is 0 Å². The van der Waals surface area contributed by atoms with Crippen LogP contribution in [0, 0.1) is 0 Å². The summed E-state index contributed by atoms with van der Waals surface area (Å²) in [5.41, 5.74) is 7.03. The fourth-order valence-corrected chi connectivity index (χ4v) is 1.57. The van der Waals surface area contributed by atoms with E-state index in [-0.39, 0.29) is 0 Å². The Morgan fingerprint density at radius 1 is 1.38 bits per heavy atom. The van der Waals surface area contributed by atoms with Gasteiger partial charge in [0, 0.05) is 11.8 Å². The molecule has 0 saturated heterocycles. The van der Waals surface area contributed by atoms with Crippen LogP contribution in [0.25, 0.3) is 11.5 Å². The van der Waals surface area contributed by atoms with Gasteiger partial charge in [0.2, 0.25) is 0 Å². The molecule has 0 atom stereocenters. The molecule has 0 aliphatic carbocycles. The number of nitrogens with two attached hydrogens (primary N) is 1. The van der Waals surface area contributed by atoms with Gasteiger partial charge in [-0.3, -0.25) is 0 Å². The van der Waals surface area contributed by atoms with Gasteiger partial charge >= 0.3 is 0 Å². The largest absolute Gasteiger partial charge is 0.496 e. The van der Waals surface area contributed by atoms with Crippen LogP contribution >= 0.6 is 11.8 Å². The molecular formula is C10H11N3O2S. The normalized spacial score (nSPS) is 10.4. The summed E-state index contributed by atoms with van der Waals surface area (Å²) in [6.45, 7) is 0. The van der Waals surface area contributed by atoms with Crippen LogP contribution < -0.4 is 10.5 Å². The molecule has 2 N–H and O–H groups in total. The van der Waals surface area contributed by atoms with Gasteiger partial charge in [0.1, 0.15) is 5.75 Å². The average molecular weight is 237 g/mol. The van der Waals surface area contributed by atoms with Crippen molar-refractivity contribution >= 4 is 17.4 Å². The fourth-order valence-electron chi connectivity index (χ4n) is 1.29. The zero-order valence-electron chi connectivity index (χ0n) is 8.93. The lowest BCUT2D eigenvalue weighted by molar-refractivity contribution is 0.411. The van der Waals surface area contributed by atoms with Gasteiger partial charge in [0.15, 0.2) is 0 Å². The van der Waals surface area contributed by atoms with Crippen LogP contribution in [0.2, 0.25) is 0 Å². The minimum absolute atomic E-state index is 0.432. The topological polar surface area (TPSA) is 74.2 Å². The van der Waals surface area contributed by atoms with Crippen molar-refractivity contribution < 1.29 is 9.15 Å². The lowest BCUT2D eigenvalue weighted by Gasteiger charge is -2.05. The number of aromatic nitrogens is 2. The van der Waals surface area contributed by atoms with E-state index >= 15 is 0 Å². The van der Waals surface area contributed by atoms with E-state index in [0.29, 0.717) is 22.6 Å². The summed E-state index contributed by atoms with van der Waals surface area (Å²) in [6.07, 6.45) is 1.87. The smallest absolute Gasteiger partial charge is 0.276 e. The second-order valence-electron chi connectivity index (χ2n) is 3.04. The molecule has 0 bridgehead atoms. The van der Waals surface area contributed by atoms with Crippen LogP contribution in [-0.4, -0.2) is 23.6 Å². The molecule has 0 saturated carbocycles. The Morgan fingerprint density at radius 3 is 2.81 bits per heavy atom. The standard InChI is InChI=1S/C10H11N3O2S/c1-14-8-5-6(11)3-4-7(8)9-12-13-10(15-9)16-2/h3-5H,11H2,1-2H3. The second kappa shape index (κ2) is 4.44. The maximum absolute atomic E-state index is 5.66. The molecule has 0 aliphatic rings. The highest BCUT2D eigenvalue weighted by Crippen LogP contribution is 2.31. The summed E-state index contributed by atoms with van der Waals surface area (Å²) in [5, 5.41) is 8.33. The number of hydrogen-bond acceptors (Lipinski definition) is 6. The third-order valence-corrected chi connectivity index (χ3v) is 2.55. The van der Waals surface area contributed by atoms with Crippen molar-refractivity contribution in [3.05, 3.63) is 18.2 Å². The van der Waals surface area contributed by atoms with Crippen molar-refractivity contribution in [1.82, 2.24) is 10.2 Å². The molecular weight excluding hydrogens is 226 g/mol. The molecule has 2 aromatic rings. The van der Waals surface area contributed by atoms with Crippen LogP contribution in [0.1, 0.15) is 0 Å². The second-order valence-corrected chi connectivity index (χ2v) is 3.79. The van der Waals surface area contributed by atoms with Crippen LogP contribution in [-0.2, 0) is 0 Å². The molecule has 0 fully saturated rings. The number of methoxy groups -OCH3 is 1. The van der Waals surface area contributed by atoms with Crippen LogP contribution in [0.4, 0.5) is 5.69 Å². The van der Waals surface area contributed by atoms with Crippen molar-refractivity contribution in [2.75, 3.05) is 19.1 Å². The molecule has 0 spiro atoms. The highest BCUT2D eigenvalue weighted by Gasteiger charge is 2.13. The van der Waals surface area contributed by atoms with E-state index in [2.05, 4.69) is 10.2 Å². The SMILES string of the molecule is COc1cc(N)ccc1-c1nnc(SC)o1. The molecule has 0 amide bonds. The maximum Gasteiger partial charge on any atom is 0.276 e. The third kappa shape index (κ3) is 1.96. The highest BCUT2D eigenvalue weighted by atomic mass is 32.2. The Morgan fingerprint density at radius 2 is 2.19 bits per heavy atom. The lowest BCUT2D eigenvalue weighted by atomic mass is 10.2. The van der Waals surface area contributed by atoms with Gasteiger partial charge in [-0.1, -0.05) is 11.8 Å². The van der Waals surface area contributed by atoms with E-state index in [1.165, 1.54) is 11.8 Å². The summed E-state index contributed by atoms with van der Waals surface area (Å²) in [6, 6.07) is 5.28. The third-order valence-electron chi connectivity index (χ3n) is 2.04. The monoisotopic (exact) mass is 237 g/mol. The van der Waals surface area contributed by atoms with Crippen molar-refractivity contribution in [1.29, 1.82) is 0 Å². The first-order chi connectivity index (χ1) is 7.74. The number of thioether (sulfide) groups is 1. The molecule has 84 valence electrons. The Balaban J connectivity index is 2.46. The van der Waals surface area contributed by atoms with E-state index in [1.54, 1.807) is 25.3 Å². The van der Waals surface area contributed by atoms with E-state index < -0.39 is 0 Å². The molecule has 5 nitrogen and oxygen atoms in total. The molecule has 16 heavy (non-hydrogen) atoms. The van der Waals surface area contributed by atoms with Crippen LogP contribution in [0.5, 0.6) is 5.75 Å². The Labute approximate surface area is 97.0 Å². The Hall–Kier alpha value is -1.69. The fraction of sp³-hybridized carbons (Fsp3) is 0.200. The van der Waals surface area contributed by atoms with E-state index in [9.17, 15) is 0 Å². The van der Waals surface area contributed by atoms with Crippen LogP contribution in [0.3, 0.4) is 0 Å².